The summed E-state index contributed by atoms with van der Waals surface area (Å²) in [6.07, 6.45) is 4.38. The van der Waals surface area contributed by atoms with Crippen LogP contribution in [0.15, 0.2) is 0 Å². The van der Waals surface area contributed by atoms with Crippen molar-refractivity contribution in [2.75, 3.05) is 13.1 Å². The lowest BCUT2D eigenvalue weighted by molar-refractivity contribution is -0.146. The van der Waals surface area contributed by atoms with Gasteiger partial charge in [-0.15, -0.1) is 0 Å². The molecule has 1 heterocycles. The van der Waals surface area contributed by atoms with Crippen LogP contribution in [0.25, 0.3) is 0 Å². The van der Waals surface area contributed by atoms with Crippen molar-refractivity contribution >= 4 is 35.3 Å². The van der Waals surface area contributed by atoms with Crippen LogP contribution in [0.3, 0.4) is 0 Å². The number of aliphatic hydroxyl groups excluding tert-OH is 1. The van der Waals surface area contributed by atoms with Gasteiger partial charge < -0.3 is 31.3 Å². The lowest BCUT2D eigenvalue weighted by Crippen LogP contribution is -2.60. The minimum absolute atomic E-state index is 0.0244. The standard InChI is InChI=1S/C28H45N5O7/c1-15(2)22(36)26(39)30-14-21(35)32-23(28(3,4)5)27(40)33-18-9-7-6-8-16(18)12-19(33)24(37)29-13-20(34)25(38)31-17-10-11-17/h15-19,22-23,36H,6-14H2,1-5H3,(H,29,37)(H,30,39)(H,31,38)(H,32,35)/t16?,18?,19-,22-,23+/m0/s1. The molecule has 0 aromatic rings. The number of fused-ring (bicyclic) bond motifs is 1. The molecule has 0 aromatic heterocycles. The summed E-state index contributed by atoms with van der Waals surface area (Å²) in [6, 6.07) is -1.97. The van der Waals surface area contributed by atoms with Crippen molar-refractivity contribution < 1.29 is 33.9 Å². The fourth-order valence-corrected chi connectivity index (χ4v) is 5.45. The van der Waals surface area contributed by atoms with Crippen molar-refractivity contribution in [2.45, 2.75) is 110 Å². The summed E-state index contributed by atoms with van der Waals surface area (Å²) in [5, 5.41) is 20.2. The molecule has 2 unspecified atom stereocenters. The number of hydrogen-bond donors (Lipinski definition) is 5. The van der Waals surface area contributed by atoms with Crippen molar-refractivity contribution in [1.82, 2.24) is 26.2 Å². The number of amides is 5. The molecule has 0 bridgehead atoms. The molecule has 3 rings (SSSR count). The average Bonchev–Trinajstić information content (AvgIpc) is 3.62. The number of likely N-dealkylation sites (tertiary alicyclic amines) is 1. The minimum Gasteiger partial charge on any atom is -0.383 e. The summed E-state index contributed by atoms with van der Waals surface area (Å²) in [6.45, 7) is 7.90. The molecule has 1 aliphatic heterocycles. The summed E-state index contributed by atoms with van der Waals surface area (Å²) in [4.78, 5) is 78.1. The van der Waals surface area contributed by atoms with Gasteiger partial charge in [-0.3, -0.25) is 28.8 Å². The Morgan fingerprint density at radius 1 is 0.925 bits per heavy atom. The van der Waals surface area contributed by atoms with Crippen molar-refractivity contribution in [3.63, 3.8) is 0 Å². The Kier molecular flexibility index (Phi) is 10.3. The predicted molar refractivity (Wildman–Crippen MR) is 145 cm³/mol. The van der Waals surface area contributed by atoms with Gasteiger partial charge >= 0.3 is 0 Å². The molecule has 12 nitrogen and oxygen atoms in total. The number of ketones is 1. The molecule has 0 spiro atoms. The van der Waals surface area contributed by atoms with E-state index in [1.165, 1.54) is 0 Å². The van der Waals surface area contributed by atoms with Crippen LogP contribution in [0.2, 0.25) is 0 Å². The highest BCUT2D eigenvalue weighted by Gasteiger charge is 2.50. The van der Waals surface area contributed by atoms with Crippen LogP contribution >= 0.6 is 0 Å². The monoisotopic (exact) mass is 563 g/mol. The first-order valence-corrected chi connectivity index (χ1v) is 14.4. The second-order valence-electron chi connectivity index (χ2n) is 12.8. The van der Waals surface area contributed by atoms with Crippen LogP contribution in [0.5, 0.6) is 0 Å². The van der Waals surface area contributed by atoms with E-state index in [4.69, 9.17) is 0 Å². The second-order valence-corrected chi connectivity index (χ2v) is 12.8. The van der Waals surface area contributed by atoms with E-state index in [1.807, 2.05) is 0 Å². The second kappa shape index (κ2) is 13.1. The Balaban J connectivity index is 1.71. The smallest absolute Gasteiger partial charge is 0.289 e. The molecule has 1 saturated heterocycles. The Hall–Kier alpha value is -3.02. The minimum atomic E-state index is -1.26. The van der Waals surface area contributed by atoms with Gasteiger partial charge in [-0.1, -0.05) is 47.5 Å². The fourth-order valence-electron chi connectivity index (χ4n) is 5.45. The van der Waals surface area contributed by atoms with Gasteiger partial charge in [0.05, 0.1) is 13.1 Å². The number of carbonyl (C=O) groups is 6. The Morgan fingerprint density at radius 3 is 2.17 bits per heavy atom. The van der Waals surface area contributed by atoms with Gasteiger partial charge in [0.25, 0.3) is 5.91 Å². The van der Waals surface area contributed by atoms with Crippen LogP contribution in [0.1, 0.15) is 79.6 Å². The van der Waals surface area contributed by atoms with E-state index in [-0.39, 0.29) is 23.9 Å². The first-order chi connectivity index (χ1) is 18.7. The summed E-state index contributed by atoms with van der Waals surface area (Å²) < 4.78 is 0. The summed E-state index contributed by atoms with van der Waals surface area (Å²) in [7, 11) is 0. The summed E-state index contributed by atoms with van der Waals surface area (Å²) >= 11 is 0. The molecule has 5 N–H and O–H groups in total. The third-order valence-corrected chi connectivity index (χ3v) is 7.98. The van der Waals surface area contributed by atoms with E-state index in [9.17, 15) is 33.9 Å². The summed E-state index contributed by atoms with van der Waals surface area (Å²) in [5.41, 5.74) is -0.723. The van der Waals surface area contributed by atoms with Gasteiger partial charge in [0.2, 0.25) is 29.4 Å². The van der Waals surface area contributed by atoms with Crippen LogP contribution in [-0.2, 0) is 28.8 Å². The maximum absolute atomic E-state index is 14.1. The highest BCUT2D eigenvalue weighted by atomic mass is 16.3. The number of carbonyl (C=O) groups excluding carboxylic acids is 6. The predicted octanol–water partition coefficient (Wildman–Crippen LogP) is -0.226. The Bertz CT molecular complexity index is 1000. The molecule has 3 fully saturated rings. The number of nitrogens with zero attached hydrogens (tertiary/aromatic N) is 1. The first kappa shape index (κ1) is 31.5. The lowest BCUT2D eigenvalue weighted by atomic mass is 9.83. The van der Waals surface area contributed by atoms with Gasteiger partial charge in [-0.25, -0.2) is 0 Å². The van der Waals surface area contributed by atoms with Gasteiger partial charge in [0.1, 0.15) is 18.2 Å². The van der Waals surface area contributed by atoms with Crippen LogP contribution in [-0.4, -0.2) is 88.7 Å². The van der Waals surface area contributed by atoms with E-state index >= 15 is 0 Å². The van der Waals surface area contributed by atoms with E-state index < -0.39 is 72.0 Å². The molecule has 5 amide bonds. The maximum Gasteiger partial charge on any atom is 0.289 e. The quantitative estimate of drug-likeness (QED) is 0.216. The van der Waals surface area contributed by atoms with E-state index in [0.717, 1.165) is 38.5 Å². The van der Waals surface area contributed by atoms with E-state index in [1.54, 1.807) is 39.5 Å². The third-order valence-electron chi connectivity index (χ3n) is 7.98. The zero-order valence-corrected chi connectivity index (χ0v) is 24.2. The molecule has 3 aliphatic rings. The molecular formula is C28H45N5O7. The van der Waals surface area contributed by atoms with E-state index in [2.05, 4.69) is 21.3 Å². The normalized spacial score (nSPS) is 24.0. The maximum atomic E-state index is 14.1. The number of aliphatic hydroxyl groups is 1. The highest BCUT2D eigenvalue weighted by molar-refractivity contribution is 6.37. The zero-order chi connectivity index (χ0) is 29.8. The number of Topliss-reactive ketones (excluding diaryl/α,β-unsaturated/α-hetero) is 1. The SMILES string of the molecule is CC(C)[C@H](O)C(=O)NCC(=O)N[C@H](C(=O)N1C2CCCCC2C[C@H]1C(=O)NCC(=O)C(=O)NC1CC1)C(C)(C)C. The first-order valence-electron chi connectivity index (χ1n) is 14.4. The number of rotatable bonds is 11. The topological polar surface area (TPSA) is 174 Å². The zero-order valence-electron chi connectivity index (χ0n) is 24.2. The van der Waals surface area contributed by atoms with Crippen molar-refractivity contribution in [1.29, 1.82) is 0 Å². The van der Waals surface area contributed by atoms with Gasteiger partial charge in [-0.2, -0.15) is 0 Å². The number of hydrogen-bond acceptors (Lipinski definition) is 7. The molecular weight excluding hydrogens is 518 g/mol. The molecule has 12 heteroatoms. The molecule has 5 atom stereocenters. The van der Waals surface area contributed by atoms with Gasteiger partial charge in [-0.05, 0) is 49.4 Å². The van der Waals surface area contributed by atoms with Crippen LogP contribution < -0.4 is 21.3 Å². The molecule has 0 aromatic carbocycles. The Morgan fingerprint density at radius 2 is 1.57 bits per heavy atom. The molecule has 2 aliphatic carbocycles. The van der Waals surface area contributed by atoms with Crippen LogP contribution in [0, 0.1) is 17.3 Å². The van der Waals surface area contributed by atoms with Crippen molar-refractivity contribution in [3.8, 4) is 0 Å². The third kappa shape index (κ3) is 8.02. The van der Waals surface area contributed by atoms with Gasteiger partial charge in [0, 0.05) is 12.1 Å². The van der Waals surface area contributed by atoms with Crippen molar-refractivity contribution in [3.05, 3.63) is 0 Å². The molecule has 2 saturated carbocycles. The van der Waals surface area contributed by atoms with Crippen molar-refractivity contribution in [2.24, 2.45) is 17.3 Å². The van der Waals surface area contributed by atoms with E-state index in [0.29, 0.717) is 6.42 Å². The number of nitrogens with one attached hydrogen (secondary N) is 4. The molecule has 224 valence electrons. The fraction of sp³-hybridized carbons (Fsp3) is 0.786. The lowest BCUT2D eigenvalue weighted by Gasteiger charge is -2.39. The summed E-state index contributed by atoms with van der Waals surface area (Å²) in [5.74, 6) is -3.83. The average molecular weight is 564 g/mol. The van der Waals surface area contributed by atoms with Crippen LogP contribution in [0.4, 0.5) is 0 Å². The molecule has 40 heavy (non-hydrogen) atoms. The largest absolute Gasteiger partial charge is 0.383 e. The highest BCUT2D eigenvalue weighted by Crippen LogP contribution is 2.41. The molecule has 0 radical (unpaired) electrons. The Labute approximate surface area is 235 Å². The van der Waals surface area contributed by atoms with Gasteiger partial charge in [0.15, 0.2) is 0 Å².